The van der Waals surface area contributed by atoms with Crippen molar-refractivity contribution in [3.05, 3.63) is 99.3 Å². The second kappa shape index (κ2) is 8.14. The van der Waals surface area contributed by atoms with Crippen LogP contribution < -0.4 is 10.2 Å². The molecule has 0 saturated carbocycles. The van der Waals surface area contributed by atoms with Crippen LogP contribution in [0.1, 0.15) is 31.1 Å². The largest absolute Gasteiger partial charge is 0.298 e. The molecular weight excluding hydrogens is 490 g/mol. The summed E-state index contributed by atoms with van der Waals surface area (Å²) in [5, 5.41) is 5.16. The molecule has 0 atom stereocenters. The SMILES string of the molecule is O=C(Nc1nc(-c2ccc(Br)cc2)cs1)c1ccc(N2C(=O)c3ccccc3C2=O)cc1. The summed E-state index contributed by atoms with van der Waals surface area (Å²) in [7, 11) is 0. The van der Waals surface area contributed by atoms with Crippen LogP contribution in [0.3, 0.4) is 0 Å². The molecule has 4 aromatic rings. The number of thiazole rings is 1. The molecule has 1 aliphatic heterocycles. The number of carbonyl (C=O) groups excluding carboxylic acids is 3. The lowest BCUT2D eigenvalue weighted by atomic mass is 10.1. The van der Waals surface area contributed by atoms with Gasteiger partial charge in [0.2, 0.25) is 0 Å². The van der Waals surface area contributed by atoms with E-state index in [1.807, 2.05) is 29.6 Å². The summed E-state index contributed by atoms with van der Waals surface area (Å²) in [6.45, 7) is 0. The fraction of sp³-hybridized carbons (Fsp3) is 0. The second-order valence-electron chi connectivity index (χ2n) is 7.04. The quantitative estimate of drug-likeness (QED) is 0.366. The molecule has 0 radical (unpaired) electrons. The van der Waals surface area contributed by atoms with Crippen molar-refractivity contribution in [2.24, 2.45) is 0 Å². The zero-order valence-electron chi connectivity index (χ0n) is 16.4. The highest BCUT2D eigenvalue weighted by atomic mass is 79.9. The number of benzene rings is 3. The first-order valence-corrected chi connectivity index (χ1v) is 11.3. The third-order valence-electron chi connectivity index (χ3n) is 5.05. The minimum absolute atomic E-state index is 0.324. The van der Waals surface area contributed by atoms with E-state index in [0.717, 1.165) is 20.6 Å². The van der Waals surface area contributed by atoms with Gasteiger partial charge in [-0.15, -0.1) is 11.3 Å². The molecule has 32 heavy (non-hydrogen) atoms. The molecule has 3 aromatic carbocycles. The molecular formula is C24H14BrN3O3S. The van der Waals surface area contributed by atoms with Crippen LogP contribution in [-0.2, 0) is 0 Å². The number of nitrogens with one attached hydrogen (secondary N) is 1. The van der Waals surface area contributed by atoms with E-state index < -0.39 is 0 Å². The second-order valence-corrected chi connectivity index (χ2v) is 8.81. The maximum absolute atomic E-state index is 12.6. The van der Waals surface area contributed by atoms with Gasteiger partial charge in [-0.2, -0.15) is 0 Å². The Bertz CT molecular complexity index is 1330. The number of imide groups is 1. The van der Waals surface area contributed by atoms with Crippen molar-refractivity contribution in [1.29, 1.82) is 0 Å². The average Bonchev–Trinajstić information content (AvgIpc) is 3.37. The summed E-state index contributed by atoms with van der Waals surface area (Å²) in [6.07, 6.45) is 0. The molecule has 0 spiro atoms. The van der Waals surface area contributed by atoms with Gasteiger partial charge in [0.15, 0.2) is 5.13 Å². The van der Waals surface area contributed by atoms with Gasteiger partial charge in [-0.1, -0.05) is 40.2 Å². The number of aromatic nitrogens is 1. The van der Waals surface area contributed by atoms with Crippen molar-refractivity contribution in [1.82, 2.24) is 4.98 Å². The van der Waals surface area contributed by atoms with Crippen molar-refractivity contribution in [2.75, 3.05) is 10.2 Å². The van der Waals surface area contributed by atoms with Crippen molar-refractivity contribution in [3.63, 3.8) is 0 Å². The molecule has 1 N–H and O–H groups in total. The average molecular weight is 504 g/mol. The van der Waals surface area contributed by atoms with Gasteiger partial charge in [0, 0.05) is 21.0 Å². The number of carbonyl (C=O) groups is 3. The number of hydrogen-bond acceptors (Lipinski definition) is 5. The number of hydrogen-bond donors (Lipinski definition) is 1. The van der Waals surface area contributed by atoms with Gasteiger partial charge in [0.1, 0.15) is 0 Å². The molecule has 8 heteroatoms. The van der Waals surface area contributed by atoms with Crippen molar-refractivity contribution in [2.45, 2.75) is 0 Å². The molecule has 1 aliphatic rings. The molecule has 0 fully saturated rings. The zero-order chi connectivity index (χ0) is 22.2. The number of rotatable bonds is 4. The minimum Gasteiger partial charge on any atom is -0.298 e. The number of fused-ring (bicyclic) bond motifs is 1. The molecule has 6 nitrogen and oxygen atoms in total. The Morgan fingerprint density at radius 2 is 1.50 bits per heavy atom. The van der Waals surface area contributed by atoms with Gasteiger partial charge in [0.25, 0.3) is 17.7 Å². The summed E-state index contributed by atoms with van der Waals surface area (Å²) < 4.78 is 0.981. The zero-order valence-corrected chi connectivity index (χ0v) is 18.8. The van der Waals surface area contributed by atoms with Crippen molar-refractivity contribution in [3.8, 4) is 11.3 Å². The maximum atomic E-state index is 12.6. The van der Waals surface area contributed by atoms with E-state index in [1.54, 1.807) is 48.5 Å². The molecule has 0 unspecified atom stereocenters. The monoisotopic (exact) mass is 503 g/mol. The number of nitrogens with zero attached hydrogens (tertiary/aromatic N) is 2. The van der Waals surface area contributed by atoms with Crippen LogP contribution in [0, 0.1) is 0 Å². The topological polar surface area (TPSA) is 79.4 Å². The predicted octanol–water partition coefficient (Wildman–Crippen LogP) is 5.63. The standard InChI is InChI=1S/C24H14BrN3O3S/c25-16-9-5-14(6-10-16)20-13-32-24(26-20)27-21(29)15-7-11-17(12-8-15)28-22(30)18-3-1-2-4-19(18)23(28)31/h1-13H,(H,26,27,29). The highest BCUT2D eigenvalue weighted by Gasteiger charge is 2.36. The number of halogens is 1. The Balaban J connectivity index is 1.31. The highest BCUT2D eigenvalue weighted by molar-refractivity contribution is 9.10. The molecule has 1 aromatic heterocycles. The smallest absolute Gasteiger partial charge is 0.266 e. The van der Waals surface area contributed by atoms with E-state index in [1.165, 1.54) is 11.3 Å². The summed E-state index contributed by atoms with van der Waals surface area (Å²) in [4.78, 5) is 43.5. The Kier molecular flexibility index (Phi) is 5.16. The van der Waals surface area contributed by atoms with E-state index in [0.29, 0.717) is 27.5 Å². The van der Waals surface area contributed by atoms with Crippen LogP contribution in [0.15, 0.2) is 82.6 Å². The van der Waals surface area contributed by atoms with Crippen LogP contribution >= 0.6 is 27.3 Å². The summed E-state index contributed by atoms with van der Waals surface area (Å²) in [5.41, 5.74) is 3.30. The van der Waals surface area contributed by atoms with Crippen LogP contribution in [0.25, 0.3) is 11.3 Å². The van der Waals surface area contributed by atoms with E-state index in [2.05, 4.69) is 26.2 Å². The molecule has 3 amide bonds. The fourth-order valence-electron chi connectivity index (χ4n) is 3.44. The molecule has 0 bridgehead atoms. The molecule has 0 saturated heterocycles. The van der Waals surface area contributed by atoms with Gasteiger partial charge in [-0.05, 0) is 48.5 Å². The Morgan fingerprint density at radius 1 is 0.875 bits per heavy atom. The molecule has 156 valence electrons. The van der Waals surface area contributed by atoms with E-state index in [-0.39, 0.29) is 17.7 Å². The maximum Gasteiger partial charge on any atom is 0.266 e. The predicted molar refractivity (Wildman–Crippen MR) is 127 cm³/mol. The van der Waals surface area contributed by atoms with Gasteiger partial charge in [-0.3, -0.25) is 19.7 Å². The summed E-state index contributed by atoms with van der Waals surface area (Å²) in [6, 6.07) is 20.8. The molecule has 5 rings (SSSR count). The Hall–Kier alpha value is -3.62. The van der Waals surface area contributed by atoms with Crippen LogP contribution in [0.2, 0.25) is 0 Å². The number of anilines is 2. The first-order valence-electron chi connectivity index (χ1n) is 9.62. The van der Waals surface area contributed by atoms with Gasteiger partial charge < -0.3 is 0 Å². The lowest BCUT2D eigenvalue weighted by molar-refractivity contribution is 0.0925. The van der Waals surface area contributed by atoms with E-state index >= 15 is 0 Å². The lowest BCUT2D eigenvalue weighted by Crippen LogP contribution is -2.29. The minimum atomic E-state index is -0.369. The molecule has 0 aliphatic carbocycles. The highest BCUT2D eigenvalue weighted by Crippen LogP contribution is 2.29. The lowest BCUT2D eigenvalue weighted by Gasteiger charge is -2.14. The Morgan fingerprint density at radius 3 is 2.12 bits per heavy atom. The van der Waals surface area contributed by atoms with Crippen LogP contribution in [-0.4, -0.2) is 22.7 Å². The van der Waals surface area contributed by atoms with E-state index in [4.69, 9.17) is 0 Å². The fourth-order valence-corrected chi connectivity index (χ4v) is 4.42. The van der Waals surface area contributed by atoms with Crippen LogP contribution in [0.4, 0.5) is 10.8 Å². The third-order valence-corrected chi connectivity index (χ3v) is 6.33. The first kappa shape index (κ1) is 20.3. The van der Waals surface area contributed by atoms with Gasteiger partial charge in [0.05, 0.1) is 22.5 Å². The molecule has 2 heterocycles. The van der Waals surface area contributed by atoms with E-state index in [9.17, 15) is 14.4 Å². The summed E-state index contributed by atoms with van der Waals surface area (Å²) >= 11 is 4.74. The normalized spacial score (nSPS) is 12.7. The Labute approximate surface area is 195 Å². The first-order chi connectivity index (χ1) is 15.5. The van der Waals surface area contributed by atoms with Crippen molar-refractivity contribution < 1.29 is 14.4 Å². The number of amides is 3. The van der Waals surface area contributed by atoms with Gasteiger partial charge in [-0.25, -0.2) is 9.88 Å². The third kappa shape index (κ3) is 3.63. The van der Waals surface area contributed by atoms with Crippen molar-refractivity contribution >= 4 is 55.8 Å². The van der Waals surface area contributed by atoms with Crippen LogP contribution in [0.5, 0.6) is 0 Å². The van der Waals surface area contributed by atoms with Gasteiger partial charge >= 0.3 is 0 Å². The summed E-state index contributed by atoms with van der Waals surface area (Å²) in [5.74, 6) is -1.06.